The van der Waals surface area contributed by atoms with Crippen LogP contribution in [0.2, 0.25) is 0 Å². The minimum atomic E-state index is -0.469. The van der Waals surface area contributed by atoms with E-state index in [2.05, 4.69) is 48.0 Å². The lowest BCUT2D eigenvalue weighted by molar-refractivity contribution is 0.0384. The number of hydrogen-bond acceptors (Lipinski definition) is 6. The molecule has 0 aromatic carbocycles. The van der Waals surface area contributed by atoms with E-state index in [0.29, 0.717) is 31.2 Å². The number of aliphatic imine (C=N–C) groups is 1. The van der Waals surface area contributed by atoms with E-state index < -0.39 is 5.54 Å². The average Bonchev–Trinajstić information content (AvgIpc) is 3.49. The molecule has 1 fully saturated rings. The van der Waals surface area contributed by atoms with Gasteiger partial charge in [-0.05, 0) is 52.2 Å². The van der Waals surface area contributed by atoms with Crippen LogP contribution in [0.15, 0.2) is 22.2 Å². The van der Waals surface area contributed by atoms with Crippen LogP contribution in [0.4, 0.5) is 4.79 Å². The van der Waals surface area contributed by atoms with Crippen LogP contribution >= 0.6 is 0 Å². The quantitative estimate of drug-likeness (QED) is 0.605. The summed E-state index contributed by atoms with van der Waals surface area (Å²) in [5.74, 6) is 0.342. The summed E-state index contributed by atoms with van der Waals surface area (Å²) in [7, 11) is 3.50. The maximum Gasteiger partial charge on any atom is 0.321 e. The number of hydrogen-bond donors (Lipinski definition) is 1. The molecule has 1 N–H and O–H groups in total. The van der Waals surface area contributed by atoms with Gasteiger partial charge in [0.15, 0.2) is 0 Å². The van der Waals surface area contributed by atoms with Gasteiger partial charge in [-0.1, -0.05) is 6.92 Å². The number of methoxy groups -OCH3 is 1. The third-order valence-electron chi connectivity index (χ3n) is 7.92. The number of carbonyl (C=O) groups is 2. The number of rotatable bonds is 6. The first-order valence-electron chi connectivity index (χ1n) is 13.0. The largest absolute Gasteiger partial charge is 0.385 e. The summed E-state index contributed by atoms with van der Waals surface area (Å²) < 4.78 is 6.81. The summed E-state index contributed by atoms with van der Waals surface area (Å²) in [5.41, 5.74) is 2.96. The summed E-state index contributed by atoms with van der Waals surface area (Å²) >= 11 is 0. The van der Waals surface area contributed by atoms with Crippen molar-refractivity contribution in [2.24, 2.45) is 12.0 Å². The molecule has 3 aliphatic rings. The van der Waals surface area contributed by atoms with E-state index in [1.165, 1.54) is 0 Å². The van der Waals surface area contributed by atoms with Crippen molar-refractivity contribution in [3.63, 3.8) is 0 Å². The van der Waals surface area contributed by atoms with Gasteiger partial charge in [-0.15, -0.1) is 0 Å². The lowest BCUT2D eigenvalue weighted by Crippen LogP contribution is -2.62. The van der Waals surface area contributed by atoms with Crippen LogP contribution in [0.1, 0.15) is 57.2 Å². The number of carbonyl (C=O) groups excluding carboxylic acids is 2. The lowest BCUT2D eigenvalue weighted by atomic mass is 9.94. The van der Waals surface area contributed by atoms with Gasteiger partial charge in [-0.3, -0.25) is 19.4 Å². The van der Waals surface area contributed by atoms with E-state index in [-0.39, 0.29) is 24.0 Å². The molecular formula is C26H41N7O3. The van der Waals surface area contributed by atoms with Gasteiger partial charge in [0.2, 0.25) is 0 Å². The maximum atomic E-state index is 13.8. The molecule has 10 nitrogen and oxygen atoms in total. The molecule has 3 amide bonds. The molecule has 1 aromatic rings. The monoisotopic (exact) mass is 499 g/mol. The first-order valence-corrected chi connectivity index (χ1v) is 13.0. The minimum absolute atomic E-state index is 0.0511. The second-order valence-corrected chi connectivity index (χ2v) is 10.7. The average molecular weight is 500 g/mol. The van der Waals surface area contributed by atoms with Gasteiger partial charge < -0.3 is 19.9 Å². The molecule has 10 heteroatoms. The molecule has 36 heavy (non-hydrogen) atoms. The van der Waals surface area contributed by atoms with Crippen molar-refractivity contribution in [1.82, 2.24) is 29.8 Å². The highest BCUT2D eigenvalue weighted by Gasteiger charge is 2.48. The van der Waals surface area contributed by atoms with Gasteiger partial charge >= 0.3 is 6.03 Å². The number of urea groups is 1. The Morgan fingerprint density at radius 3 is 2.64 bits per heavy atom. The number of amidine groups is 1. The Hall–Kier alpha value is -2.72. The van der Waals surface area contributed by atoms with E-state index in [4.69, 9.17) is 4.74 Å². The topological polar surface area (TPSA) is 95.3 Å². The van der Waals surface area contributed by atoms with Crippen LogP contribution in [0, 0.1) is 0 Å². The number of piperazine rings is 1. The first kappa shape index (κ1) is 26.3. The van der Waals surface area contributed by atoms with E-state index in [9.17, 15) is 9.59 Å². The summed E-state index contributed by atoms with van der Waals surface area (Å²) in [6.07, 6.45) is 1.75. The zero-order valence-electron chi connectivity index (χ0n) is 22.8. The van der Waals surface area contributed by atoms with Crippen molar-refractivity contribution in [3.05, 3.63) is 28.6 Å². The SMILES string of the molecule is CCc1cc(C(=O)NC2=NCC3=C2CN(C(=O)N2C[C@@H](C)N(CCCOC)C[C@@H]2C)C3(C)C)n(C)n1. The second-order valence-electron chi connectivity index (χ2n) is 10.7. The predicted molar refractivity (Wildman–Crippen MR) is 139 cm³/mol. The van der Waals surface area contributed by atoms with Crippen molar-refractivity contribution in [3.8, 4) is 0 Å². The molecule has 4 rings (SSSR count). The van der Waals surface area contributed by atoms with Crippen LogP contribution in [0.5, 0.6) is 0 Å². The van der Waals surface area contributed by atoms with Crippen molar-refractivity contribution in [2.45, 2.75) is 65.1 Å². The van der Waals surface area contributed by atoms with E-state index in [1.54, 1.807) is 18.8 Å². The Morgan fingerprint density at radius 2 is 1.97 bits per heavy atom. The first-order chi connectivity index (χ1) is 17.1. The van der Waals surface area contributed by atoms with Gasteiger partial charge in [-0.25, -0.2) is 4.79 Å². The summed E-state index contributed by atoms with van der Waals surface area (Å²) in [6.45, 7) is 14.7. The molecule has 0 unspecified atom stereocenters. The fraction of sp³-hybridized carbons (Fsp3) is 0.692. The number of ether oxygens (including phenoxy) is 1. The number of aromatic nitrogens is 2. The van der Waals surface area contributed by atoms with E-state index in [0.717, 1.165) is 49.4 Å². The number of nitrogens with one attached hydrogen (secondary N) is 1. The molecule has 0 radical (unpaired) electrons. The fourth-order valence-corrected chi connectivity index (χ4v) is 5.59. The standard InChI is InChI=1S/C26H41N7O3/c1-8-19-12-22(30(6)29-19)24(34)28-23-20-16-33(26(4,5)21(20)13-27-23)25(35)32-15-17(2)31(14-18(32)3)10-9-11-36-7/h12,17-18H,8-11,13-16H2,1-7H3,(H,27,28,34)/t17-,18+/m1/s1. The summed E-state index contributed by atoms with van der Waals surface area (Å²) in [5, 5.41) is 7.37. The van der Waals surface area contributed by atoms with Crippen LogP contribution in [-0.4, -0.2) is 106 Å². The highest BCUT2D eigenvalue weighted by atomic mass is 16.5. The molecule has 0 aliphatic carbocycles. The van der Waals surface area contributed by atoms with Crippen LogP contribution in [0.25, 0.3) is 0 Å². The van der Waals surface area contributed by atoms with Crippen molar-refractivity contribution in [1.29, 1.82) is 0 Å². The normalized spacial score (nSPS) is 23.8. The molecule has 2 atom stereocenters. The van der Waals surface area contributed by atoms with E-state index in [1.807, 2.05) is 22.8 Å². The Morgan fingerprint density at radius 1 is 1.22 bits per heavy atom. The van der Waals surface area contributed by atoms with E-state index >= 15 is 0 Å². The van der Waals surface area contributed by atoms with Crippen molar-refractivity contribution >= 4 is 17.8 Å². The highest BCUT2D eigenvalue weighted by molar-refractivity contribution is 6.14. The molecule has 1 aromatic heterocycles. The molecule has 0 saturated carbocycles. The van der Waals surface area contributed by atoms with Gasteiger partial charge in [0, 0.05) is 58.1 Å². The molecular weight excluding hydrogens is 458 g/mol. The second kappa shape index (κ2) is 10.3. The third kappa shape index (κ3) is 4.80. The van der Waals surface area contributed by atoms with Gasteiger partial charge in [0.05, 0.1) is 24.3 Å². The van der Waals surface area contributed by atoms with Crippen molar-refractivity contribution < 1.29 is 14.3 Å². The van der Waals surface area contributed by atoms with Gasteiger partial charge in [0.25, 0.3) is 5.91 Å². The Kier molecular flexibility index (Phi) is 7.56. The van der Waals surface area contributed by atoms with Crippen LogP contribution in [-0.2, 0) is 18.2 Å². The number of amides is 3. The van der Waals surface area contributed by atoms with Crippen LogP contribution in [0.3, 0.4) is 0 Å². The fourth-order valence-electron chi connectivity index (χ4n) is 5.59. The maximum absolute atomic E-state index is 13.8. The number of nitrogens with zero attached hydrogens (tertiary/aromatic N) is 6. The minimum Gasteiger partial charge on any atom is -0.385 e. The van der Waals surface area contributed by atoms with Crippen molar-refractivity contribution in [2.75, 3.05) is 46.4 Å². The molecule has 4 heterocycles. The molecule has 0 spiro atoms. The summed E-state index contributed by atoms with van der Waals surface area (Å²) in [4.78, 5) is 37.9. The molecule has 198 valence electrons. The zero-order valence-corrected chi connectivity index (χ0v) is 22.8. The molecule has 0 bridgehead atoms. The smallest absolute Gasteiger partial charge is 0.321 e. The van der Waals surface area contributed by atoms with Gasteiger partial charge in [0.1, 0.15) is 11.5 Å². The highest BCUT2D eigenvalue weighted by Crippen LogP contribution is 2.39. The molecule has 3 aliphatic heterocycles. The number of aryl methyl sites for hydroxylation is 2. The third-order valence-corrected chi connectivity index (χ3v) is 7.92. The van der Waals surface area contributed by atoms with Gasteiger partial charge in [-0.2, -0.15) is 5.10 Å². The Bertz CT molecular complexity index is 1070. The Balaban J connectivity index is 1.44. The lowest BCUT2D eigenvalue weighted by Gasteiger charge is -2.47. The predicted octanol–water partition coefficient (Wildman–Crippen LogP) is 2.07. The summed E-state index contributed by atoms with van der Waals surface area (Å²) in [6, 6.07) is 2.27. The Labute approximate surface area is 214 Å². The van der Waals surface area contributed by atoms with Crippen LogP contribution < -0.4 is 5.32 Å². The zero-order chi connectivity index (χ0) is 26.2. The molecule has 1 saturated heterocycles.